The van der Waals surface area contributed by atoms with Crippen molar-refractivity contribution in [1.29, 1.82) is 0 Å². The van der Waals surface area contributed by atoms with Gasteiger partial charge in [0.05, 0.1) is 22.8 Å². The van der Waals surface area contributed by atoms with Crippen molar-refractivity contribution in [3.8, 4) is 28.0 Å². The van der Waals surface area contributed by atoms with Crippen molar-refractivity contribution in [3.05, 3.63) is 102 Å². The average Bonchev–Trinajstić information content (AvgIpc) is 3.66. The minimum atomic E-state index is -0.710. The van der Waals surface area contributed by atoms with Crippen LogP contribution in [0.1, 0.15) is 46.8 Å². The Morgan fingerprint density at radius 3 is 2.41 bits per heavy atom. The van der Waals surface area contributed by atoms with E-state index < -0.39 is 17.2 Å². The van der Waals surface area contributed by atoms with Crippen LogP contribution in [0.5, 0.6) is 5.75 Å². The lowest BCUT2D eigenvalue weighted by molar-refractivity contribution is -0.119. The summed E-state index contributed by atoms with van der Waals surface area (Å²) in [7, 11) is 4.44. The summed E-state index contributed by atoms with van der Waals surface area (Å²) in [5, 5.41) is 10.1. The number of hydrogen-bond acceptors (Lipinski definition) is 6. The Kier molecular flexibility index (Phi) is 8.78. The molecule has 46 heavy (non-hydrogen) atoms. The Bertz CT molecular complexity index is 2000. The highest BCUT2D eigenvalue weighted by atomic mass is 35.5. The van der Waals surface area contributed by atoms with E-state index >= 15 is 0 Å². The van der Waals surface area contributed by atoms with E-state index in [0.717, 1.165) is 46.3 Å². The number of nitrogens with zero attached hydrogens (tertiary/aromatic N) is 2. The van der Waals surface area contributed by atoms with Gasteiger partial charge in [-0.1, -0.05) is 59.6 Å². The Labute approximate surface area is 275 Å². The fourth-order valence-corrected chi connectivity index (χ4v) is 6.94. The molecule has 2 amide bonds. The molecule has 1 fully saturated rings. The van der Waals surface area contributed by atoms with Crippen LogP contribution < -0.4 is 31.9 Å². The van der Waals surface area contributed by atoms with Crippen LogP contribution in [0.4, 0.5) is 5.69 Å². The second-order valence-electron chi connectivity index (χ2n) is 11.6. The molecule has 0 unspecified atom stereocenters. The predicted octanol–water partition coefficient (Wildman–Crippen LogP) is 4.84. The number of anilines is 1. The van der Waals surface area contributed by atoms with Gasteiger partial charge in [-0.15, -0.1) is 0 Å². The number of methoxy groups -OCH3 is 1. The molecule has 1 saturated heterocycles. The van der Waals surface area contributed by atoms with Crippen LogP contribution in [0.15, 0.2) is 64.3 Å². The molecule has 3 N–H and O–H groups in total. The van der Waals surface area contributed by atoms with E-state index in [4.69, 9.17) is 27.9 Å². The molecule has 10 nitrogen and oxygen atoms in total. The van der Waals surface area contributed by atoms with Crippen molar-refractivity contribution < 1.29 is 14.3 Å². The Balaban J connectivity index is 1.29. The number of hydrogen-bond donors (Lipinski definition) is 3. The largest absolute Gasteiger partial charge is 0.496 e. The molecule has 0 radical (unpaired) electrons. The topological polar surface area (TPSA) is 123 Å². The van der Waals surface area contributed by atoms with Gasteiger partial charge in [0.2, 0.25) is 5.91 Å². The smallest absolute Gasteiger partial charge is 0.330 e. The standard InChI is InChI=1S/C34H33Cl2N5O5/c1-40-17-24(33(44)41(2)34(40)45)32(43)39-26-9-5-8-23(31(26)36)22-7-4-6-21(30(22)35)19-14-18-10-12-25(29(18)27(15-19)46-3)37-16-20-11-13-28(42)38-20/h4-9,14-15,17,20,25,37H,10-13,16H2,1-3H3,(H,38,42)(H,39,43)/t20-,25-/m0/s1. The number of halogens is 2. The zero-order valence-electron chi connectivity index (χ0n) is 25.6. The van der Waals surface area contributed by atoms with Gasteiger partial charge in [0.15, 0.2) is 0 Å². The summed E-state index contributed by atoms with van der Waals surface area (Å²) >= 11 is 13.9. The van der Waals surface area contributed by atoms with Crippen LogP contribution in [0.25, 0.3) is 22.3 Å². The van der Waals surface area contributed by atoms with E-state index in [-0.39, 0.29) is 34.3 Å². The molecule has 12 heteroatoms. The van der Waals surface area contributed by atoms with Crippen LogP contribution in [-0.4, -0.2) is 40.6 Å². The van der Waals surface area contributed by atoms with Crippen molar-refractivity contribution in [2.75, 3.05) is 19.0 Å². The van der Waals surface area contributed by atoms with Crippen molar-refractivity contribution in [2.24, 2.45) is 14.1 Å². The zero-order chi connectivity index (χ0) is 32.7. The molecule has 1 aliphatic carbocycles. The third kappa shape index (κ3) is 5.84. The van der Waals surface area contributed by atoms with Gasteiger partial charge in [-0.2, -0.15) is 0 Å². The first-order valence-corrected chi connectivity index (χ1v) is 15.7. The van der Waals surface area contributed by atoms with Crippen LogP contribution in [0, 0.1) is 0 Å². The van der Waals surface area contributed by atoms with Gasteiger partial charge in [-0.05, 0) is 42.5 Å². The van der Waals surface area contributed by atoms with Gasteiger partial charge in [0.25, 0.3) is 11.5 Å². The van der Waals surface area contributed by atoms with E-state index in [2.05, 4.69) is 22.0 Å². The van der Waals surface area contributed by atoms with E-state index in [1.165, 1.54) is 30.4 Å². The van der Waals surface area contributed by atoms with E-state index in [1.54, 1.807) is 25.3 Å². The fourth-order valence-electron chi connectivity index (χ4n) is 6.33. The van der Waals surface area contributed by atoms with E-state index in [9.17, 15) is 19.2 Å². The number of nitrogens with one attached hydrogen (secondary N) is 3. The number of aryl methyl sites for hydroxylation is 2. The summed E-state index contributed by atoms with van der Waals surface area (Å²) in [5.41, 5.74) is 4.10. The SMILES string of the molecule is COc1cc(-c2cccc(-c3cccc(NC(=O)c4cn(C)c(=O)n(C)c4=O)c3Cl)c2Cl)cc2c1[C@@H](NC[C@@H]1CCC(=O)N1)CC2. The lowest BCUT2D eigenvalue weighted by Crippen LogP contribution is -2.40. The lowest BCUT2D eigenvalue weighted by atomic mass is 9.95. The molecule has 6 rings (SSSR count). The van der Waals surface area contributed by atoms with Crippen molar-refractivity contribution >= 4 is 40.7 Å². The van der Waals surface area contributed by atoms with Crippen LogP contribution in [0.2, 0.25) is 10.0 Å². The number of aromatic nitrogens is 2. The minimum absolute atomic E-state index is 0.103. The van der Waals surface area contributed by atoms with Crippen molar-refractivity contribution in [2.45, 2.75) is 37.8 Å². The Morgan fingerprint density at radius 1 is 0.978 bits per heavy atom. The van der Waals surface area contributed by atoms with Crippen molar-refractivity contribution in [1.82, 2.24) is 19.8 Å². The number of rotatable bonds is 8. The van der Waals surface area contributed by atoms with Crippen LogP contribution in [-0.2, 0) is 25.3 Å². The van der Waals surface area contributed by atoms with Crippen LogP contribution in [0.3, 0.4) is 0 Å². The number of carbonyl (C=O) groups excluding carboxylic acids is 2. The maximum Gasteiger partial charge on any atom is 0.330 e. The molecule has 2 aliphatic rings. The second kappa shape index (κ2) is 12.8. The first-order valence-electron chi connectivity index (χ1n) is 15.0. The van der Waals surface area contributed by atoms with Gasteiger partial charge in [-0.3, -0.25) is 19.0 Å². The third-order valence-electron chi connectivity index (χ3n) is 8.73. The number of carbonyl (C=O) groups is 2. The summed E-state index contributed by atoms with van der Waals surface area (Å²) in [6.45, 7) is 0.705. The highest BCUT2D eigenvalue weighted by molar-refractivity contribution is 6.39. The summed E-state index contributed by atoms with van der Waals surface area (Å²) in [5.74, 6) is 0.180. The first-order chi connectivity index (χ1) is 22.1. The second-order valence-corrected chi connectivity index (χ2v) is 12.4. The predicted molar refractivity (Wildman–Crippen MR) is 179 cm³/mol. The van der Waals surface area contributed by atoms with Gasteiger partial charge >= 0.3 is 5.69 Å². The highest BCUT2D eigenvalue weighted by Gasteiger charge is 2.29. The van der Waals surface area contributed by atoms with Gasteiger partial charge < -0.3 is 25.3 Å². The number of amides is 2. The lowest BCUT2D eigenvalue weighted by Gasteiger charge is -2.20. The number of fused-ring (bicyclic) bond motifs is 1. The maximum absolute atomic E-state index is 13.1. The van der Waals surface area contributed by atoms with Gasteiger partial charge in [-0.25, -0.2) is 4.79 Å². The summed E-state index contributed by atoms with van der Waals surface area (Å²) < 4.78 is 7.92. The molecule has 2 atom stereocenters. The molecule has 0 saturated carbocycles. The first kappa shape index (κ1) is 31.6. The van der Waals surface area contributed by atoms with Gasteiger partial charge in [0, 0.05) is 67.6 Å². The third-order valence-corrected chi connectivity index (χ3v) is 9.55. The van der Waals surface area contributed by atoms with E-state index in [1.807, 2.05) is 24.3 Å². The number of ether oxygens (including phenoxy) is 1. The molecule has 2 heterocycles. The Hall–Kier alpha value is -4.38. The van der Waals surface area contributed by atoms with Crippen LogP contribution >= 0.6 is 23.2 Å². The zero-order valence-corrected chi connectivity index (χ0v) is 27.1. The number of benzene rings is 3. The van der Waals surface area contributed by atoms with E-state index in [0.29, 0.717) is 29.1 Å². The minimum Gasteiger partial charge on any atom is -0.496 e. The molecule has 0 bridgehead atoms. The van der Waals surface area contributed by atoms with Crippen molar-refractivity contribution in [3.63, 3.8) is 0 Å². The molecular formula is C34H33Cl2N5O5. The molecule has 238 valence electrons. The summed E-state index contributed by atoms with van der Waals surface area (Å²) in [6, 6.07) is 15.3. The quantitative estimate of drug-likeness (QED) is 0.248. The maximum atomic E-state index is 13.1. The normalized spacial score (nSPS) is 17.1. The summed E-state index contributed by atoms with van der Waals surface area (Å²) in [4.78, 5) is 49.4. The Morgan fingerprint density at radius 2 is 1.70 bits per heavy atom. The fraction of sp³-hybridized carbons (Fsp3) is 0.294. The molecule has 4 aromatic rings. The average molecular weight is 663 g/mol. The molecule has 1 aromatic heterocycles. The highest BCUT2D eigenvalue weighted by Crippen LogP contribution is 2.45. The molecule has 3 aromatic carbocycles. The summed E-state index contributed by atoms with van der Waals surface area (Å²) in [6.07, 6.45) is 4.41. The molecular weight excluding hydrogens is 629 g/mol. The monoisotopic (exact) mass is 661 g/mol. The molecule has 1 aliphatic heterocycles. The van der Waals surface area contributed by atoms with Gasteiger partial charge in [0.1, 0.15) is 11.3 Å². The molecule has 0 spiro atoms.